The molecular weight excluding hydrogens is 271 g/mol. The fourth-order valence-corrected chi connectivity index (χ4v) is 4.18. The Labute approximate surface area is 126 Å². The van der Waals surface area contributed by atoms with Crippen LogP contribution >= 0.6 is 0 Å². The number of likely N-dealkylation sites (tertiary alicyclic amines) is 2. The predicted molar refractivity (Wildman–Crippen MR) is 80.6 cm³/mol. The van der Waals surface area contributed by atoms with Gasteiger partial charge in [-0.1, -0.05) is 0 Å². The third kappa shape index (κ3) is 3.56. The van der Waals surface area contributed by atoms with E-state index in [1.807, 2.05) is 0 Å². The van der Waals surface area contributed by atoms with Gasteiger partial charge in [0.2, 0.25) is 0 Å². The Kier molecular flexibility index (Phi) is 5.11. The minimum atomic E-state index is -0.856. The molecule has 0 bridgehead atoms. The zero-order valence-electron chi connectivity index (χ0n) is 12.8. The highest BCUT2D eigenvalue weighted by Crippen LogP contribution is 2.26. The zero-order chi connectivity index (χ0) is 14.8. The van der Waals surface area contributed by atoms with Crippen molar-refractivity contribution >= 4 is 0 Å². The quantitative estimate of drug-likeness (QED) is 0.671. The van der Waals surface area contributed by atoms with Crippen LogP contribution in [0.1, 0.15) is 25.7 Å². The van der Waals surface area contributed by atoms with Gasteiger partial charge in [-0.05, 0) is 44.7 Å². The SMILES string of the molecule is NC1CNCC(F)C1N1CCC(CN2CCCC2O)CC1. The molecule has 3 saturated heterocycles. The van der Waals surface area contributed by atoms with Crippen LogP contribution in [0.4, 0.5) is 4.39 Å². The summed E-state index contributed by atoms with van der Waals surface area (Å²) in [5.41, 5.74) is 6.10. The van der Waals surface area contributed by atoms with E-state index in [0.717, 1.165) is 51.9 Å². The molecule has 3 rings (SSSR count). The molecule has 3 aliphatic rings. The number of halogens is 1. The van der Waals surface area contributed by atoms with Crippen LogP contribution in [0, 0.1) is 5.92 Å². The second-order valence-corrected chi connectivity index (χ2v) is 6.93. The van der Waals surface area contributed by atoms with E-state index >= 15 is 0 Å². The van der Waals surface area contributed by atoms with Crippen molar-refractivity contribution < 1.29 is 9.50 Å². The van der Waals surface area contributed by atoms with Gasteiger partial charge in [0, 0.05) is 32.2 Å². The van der Waals surface area contributed by atoms with Gasteiger partial charge in [-0.2, -0.15) is 0 Å². The lowest BCUT2D eigenvalue weighted by molar-refractivity contribution is 0.00636. The number of aliphatic hydroxyl groups excluding tert-OH is 1. The van der Waals surface area contributed by atoms with Crippen LogP contribution in [0.2, 0.25) is 0 Å². The van der Waals surface area contributed by atoms with Crippen molar-refractivity contribution in [1.29, 1.82) is 0 Å². The first-order valence-electron chi connectivity index (χ1n) is 8.41. The molecule has 3 aliphatic heterocycles. The molecule has 0 aromatic carbocycles. The maximum atomic E-state index is 14.1. The molecule has 4 unspecified atom stereocenters. The highest BCUT2D eigenvalue weighted by molar-refractivity contribution is 4.96. The third-order valence-electron chi connectivity index (χ3n) is 5.42. The average Bonchev–Trinajstić information content (AvgIpc) is 2.86. The predicted octanol–water partition coefficient (Wildman–Crippen LogP) is -0.250. The molecule has 0 spiro atoms. The van der Waals surface area contributed by atoms with E-state index in [0.29, 0.717) is 19.0 Å². The van der Waals surface area contributed by atoms with Gasteiger partial charge in [0.25, 0.3) is 0 Å². The number of piperidine rings is 2. The van der Waals surface area contributed by atoms with Gasteiger partial charge in [-0.3, -0.25) is 9.80 Å². The maximum absolute atomic E-state index is 14.1. The van der Waals surface area contributed by atoms with Crippen molar-refractivity contribution in [2.75, 3.05) is 39.3 Å². The highest BCUT2D eigenvalue weighted by Gasteiger charge is 2.37. The van der Waals surface area contributed by atoms with E-state index in [4.69, 9.17) is 5.73 Å². The molecule has 3 fully saturated rings. The summed E-state index contributed by atoms with van der Waals surface area (Å²) in [6, 6.07) is -0.227. The number of alkyl halides is 1. The summed E-state index contributed by atoms with van der Waals surface area (Å²) in [7, 11) is 0. The molecule has 0 radical (unpaired) electrons. The van der Waals surface area contributed by atoms with E-state index in [1.165, 1.54) is 0 Å². The molecule has 5 nitrogen and oxygen atoms in total. The van der Waals surface area contributed by atoms with Crippen LogP contribution in [0.15, 0.2) is 0 Å². The Hall–Kier alpha value is -0.270. The standard InChI is InChI=1S/C15H29FN4O/c16-12-8-18-9-13(17)15(12)19-6-3-11(4-7-19)10-20-5-1-2-14(20)21/h11-15,18,21H,1-10,17H2. The van der Waals surface area contributed by atoms with Crippen molar-refractivity contribution in [2.24, 2.45) is 11.7 Å². The van der Waals surface area contributed by atoms with Gasteiger partial charge in [-0.25, -0.2) is 4.39 Å². The average molecular weight is 300 g/mol. The zero-order valence-corrected chi connectivity index (χ0v) is 12.8. The van der Waals surface area contributed by atoms with Crippen LogP contribution in [0.5, 0.6) is 0 Å². The van der Waals surface area contributed by atoms with Crippen molar-refractivity contribution in [1.82, 2.24) is 15.1 Å². The summed E-state index contributed by atoms with van der Waals surface area (Å²) < 4.78 is 14.1. The number of nitrogens with one attached hydrogen (secondary N) is 1. The van der Waals surface area contributed by atoms with Crippen LogP contribution < -0.4 is 11.1 Å². The molecule has 6 heteroatoms. The number of hydrogen-bond donors (Lipinski definition) is 3. The summed E-state index contributed by atoms with van der Waals surface area (Å²) in [6.07, 6.45) is 3.10. The largest absolute Gasteiger partial charge is 0.378 e. The van der Waals surface area contributed by atoms with E-state index in [1.54, 1.807) is 0 Å². The molecule has 21 heavy (non-hydrogen) atoms. The summed E-state index contributed by atoms with van der Waals surface area (Å²) in [5, 5.41) is 12.9. The van der Waals surface area contributed by atoms with Crippen molar-refractivity contribution in [3.05, 3.63) is 0 Å². The number of aliphatic hydroxyl groups is 1. The lowest BCUT2D eigenvalue weighted by Crippen LogP contribution is -2.63. The molecule has 3 heterocycles. The van der Waals surface area contributed by atoms with Crippen molar-refractivity contribution in [2.45, 2.75) is 50.2 Å². The topological polar surface area (TPSA) is 64.8 Å². The van der Waals surface area contributed by atoms with Crippen molar-refractivity contribution in [3.8, 4) is 0 Å². The number of nitrogens with zero attached hydrogens (tertiary/aromatic N) is 2. The van der Waals surface area contributed by atoms with E-state index in [2.05, 4.69) is 15.1 Å². The normalized spacial score (nSPS) is 40.7. The Morgan fingerprint density at radius 3 is 2.52 bits per heavy atom. The smallest absolute Gasteiger partial charge is 0.129 e. The summed E-state index contributed by atoms with van der Waals surface area (Å²) >= 11 is 0. The van der Waals surface area contributed by atoms with E-state index in [-0.39, 0.29) is 18.3 Å². The first-order chi connectivity index (χ1) is 10.1. The molecule has 4 atom stereocenters. The number of nitrogens with two attached hydrogens (primary N) is 1. The second-order valence-electron chi connectivity index (χ2n) is 6.93. The Morgan fingerprint density at radius 1 is 1.14 bits per heavy atom. The van der Waals surface area contributed by atoms with Crippen LogP contribution in [-0.2, 0) is 0 Å². The second kappa shape index (κ2) is 6.87. The molecular formula is C15H29FN4O. The fraction of sp³-hybridized carbons (Fsp3) is 1.00. The molecule has 0 aromatic heterocycles. The minimum absolute atomic E-state index is 0.106. The van der Waals surface area contributed by atoms with Gasteiger partial charge in [0.15, 0.2) is 0 Å². The molecule has 4 N–H and O–H groups in total. The van der Waals surface area contributed by atoms with E-state index < -0.39 is 6.17 Å². The summed E-state index contributed by atoms with van der Waals surface area (Å²) in [6.45, 7) is 5.03. The Bertz CT molecular complexity index is 328. The lowest BCUT2D eigenvalue weighted by Gasteiger charge is -2.44. The van der Waals surface area contributed by atoms with Gasteiger partial charge in [0.05, 0.1) is 6.04 Å². The summed E-state index contributed by atoms with van der Waals surface area (Å²) in [4.78, 5) is 4.46. The summed E-state index contributed by atoms with van der Waals surface area (Å²) in [5.74, 6) is 0.630. The molecule has 122 valence electrons. The van der Waals surface area contributed by atoms with E-state index in [9.17, 15) is 9.50 Å². The minimum Gasteiger partial charge on any atom is -0.378 e. The Morgan fingerprint density at radius 2 is 1.90 bits per heavy atom. The maximum Gasteiger partial charge on any atom is 0.129 e. The van der Waals surface area contributed by atoms with Crippen LogP contribution in [0.25, 0.3) is 0 Å². The molecule has 0 aliphatic carbocycles. The third-order valence-corrected chi connectivity index (χ3v) is 5.42. The lowest BCUT2D eigenvalue weighted by atomic mass is 9.91. The Balaban J connectivity index is 1.48. The van der Waals surface area contributed by atoms with Gasteiger partial charge < -0.3 is 16.2 Å². The number of rotatable bonds is 3. The molecule has 0 amide bonds. The monoisotopic (exact) mass is 300 g/mol. The highest BCUT2D eigenvalue weighted by atomic mass is 19.1. The van der Waals surface area contributed by atoms with Crippen molar-refractivity contribution in [3.63, 3.8) is 0 Å². The van der Waals surface area contributed by atoms with Crippen LogP contribution in [0.3, 0.4) is 0 Å². The van der Waals surface area contributed by atoms with Gasteiger partial charge >= 0.3 is 0 Å². The first kappa shape index (κ1) is 15.6. The fourth-order valence-electron chi connectivity index (χ4n) is 4.18. The van der Waals surface area contributed by atoms with Crippen LogP contribution in [-0.4, -0.2) is 78.7 Å². The molecule has 0 saturated carbocycles. The van der Waals surface area contributed by atoms with Gasteiger partial charge in [-0.15, -0.1) is 0 Å². The molecule has 0 aromatic rings. The van der Waals surface area contributed by atoms with Gasteiger partial charge in [0.1, 0.15) is 12.4 Å². The first-order valence-corrected chi connectivity index (χ1v) is 8.41. The number of hydrogen-bond acceptors (Lipinski definition) is 5.